The summed E-state index contributed by atoms with van der Waals surface area (Å²) >= 11 is 5.82. The van der Waals surface area contributed by atoms with E-state index < -0.39 is 6.10 Å². The van der Waals surface area contributed by atoms with Crippen LogP contribution in [0.15, 0.2) is 48.5 Å². The van der Waals surface area contributed by atoms with Crippen LogP contribution in [0.4, 0.5) is 0 Å². The quantitative estimate of drug-likeness (QED) is 0.883. The van der Waals surface area contributed by atoms with Crippen LogP contribution in [-0.4, -0.2) is 11.7 Å². The summed E-state index contributed by atoms with van der Waals surface area (Å²) in [6.07, 6.45) is -0.644. The predicted octanol–water partition coefficient (Wildman–Crippen LogP) is 4.75. The van der Waals surface area contributed by atoms with E-state index in [1.165, 1.54) is 5.56 Å². The van der Waals surface area contributed by atoms with Crippen LogP contribution in [0.3, 0.4) is 0 Å². The number of benzene rings is 2. The SMILES string of the molecule is CC(C)(C)c1ccc(C(O)COc2ccc(Cl)cc2)cc1. The molecule has 1 N–H and O–H groups in total. The molecule has 1 atom stereocenters. The van der Waals surface area contributed by atoms with Crippen LogP contribution in [0.5, 0.6) is 5.75 Å². The Morgan fingerprint density at radius 1 is 1.00 bits per heavy atom. The third-order valence-electron chi connectivity index (χ3n) is 3.38. The van der Waals surface area contributed by atoms with Crippen molar-refractivity contribution in [3.63, 3.8) is 0 Å². The van der Waals surface area contributed by atoms with Crippen LogP contribution in [0.25, 0.3) is 0 Å². The average Bonchev–Trinajstić information content (AvgIpc) is 2.45. The van der Waals surface area contributed by atoms with Crippen molar-refractivity contribution in [3.05, 3.63) is 64.7 Å². The highest BCUT2D eigenvalue weighted by Gasteiger charge is 2.14. The Hall–Kier alpha value is -1.51. The molecule has 2 nitrogen and oxygen atoms in total. The maximum absolute atomic E-state index is 10.2. The summed E-state index contributed by atoms with van der Waals surface area (Å²) in [5.41, 5.74) is 2.22. The topological polar surface area (TPSA) is 29.5 Å². The van der Waals surface area contributed by atoms with Gasteiger partial charge < -0.3 is 9.84 Å². The number of hydrogen-bond donors (Lipinski definition) is 1. The van der Waals surface area contributed by atoms with Crippen LogP contribution in [0.2, 0.25) is 5.02 Å². The van der Waals surface area contributed by atoms with E-state index in [2.05, 4.69) is 32.9 Å². The van der Waals surface area contributed by atoms with Crippen LogP contribution in [0, 0.1) is 0 Å². The summed E-state index contributed by atoms with van der Waals surface area (Å²) in [6.45, 7) is 6.72. The van der Waals surface area contributed by atoms with Gasteiger partial charge in [-0.3, -0.25) is 0 Å². The Morgan fingerprint density at radius 3 is 2.10 bits per heavy atom. The van der Waals surface area contributed by atoms with Gasteiger partial charge in [-0.15, -0.1) is 0 Å². The van der Waals surface area contributed by atoms with E-state index in [-0.39, 0.29) is 12.0 Å². The van der Waals surface area contributed by atoms with Gasteiger partial charge in [-0.25, -0.2) is 0 Å². The van der Waals surface area contributed by atoms with Gasteiger partial charge in [0.2, 0.25) is 0 Å². The van der Waals surface area contributed by atoms with Gasteiger partial charge in [-0.05, 0) is 40.8 Å². The zero-order valence-electron chi connectivity index (χ0n) is 12.6. The summed E-state index contributed by atoms with van der Waals surface area (Å²) in [4.78, 5) is 0. The molecule has 0 aliphatic carbocycles. The minimum atomic E-state index is -0.644. The molecule has 21 heavy (non-hydrogen) atoms. The second-order valence-electron chi connectivity index (χ2n) is 6.15. The average molecular weight is 305 g/mol. The Labute approximate surface area is 131 Å². The molecule has 0 heterocycles. The van der Waals surface area contributed by atoms with Gasteiger partial charge in [0, 0.05) is 5.02 Å². The first kappa shape index (κ1) is 15.9. The van der Waals surface area contributed by atoms with E-state index in [4.69, 9.17) is 16.3 Å². The molecule has 1 unspecified atom stereocenters. The normalized spacial score (nSPS) is 13.0. The Kier molecular flexibility index (Phi) is 4.92. The molecule has 0 saturated heterocycles. The molecule has 3 heteroatoms. The maximum atomic E-state index is 10.2. The van der Waals surface area contributed by atoms with Crippen LogP contribution >= 0.6 is 11.6 Å². The summed E-state index contributed by atoms with van der Waals surface area (Å²) in [5.74, 6) is 0.699. The molecule has 0 radical (unpaired) electrons. The van der Waals surface area contributed by atoms with Gasteiger partial charge in [0.15, 0.2) is 0 Å². The predicted molar refractivity (Wildman–Crippen MR) is 87.0 cm³/mol. The molecule has 2 aromatic rings. The fourth-order valence-electron chi connectivity index (χ4n) is 2.01. The van der Waals surface area contributed by atoms with Crippen LogP contribution < -0.4 is 4.74 Å². The second-order valence-corrected chi connectivity index (χ2v) is 6.59. The van der Waals surface area contributed by atoms with Crippen molar-refractivity contribution < 1.29 is 9.84 Å². The van der Waals surface area contributed by atoms with E-state index >= 15 is 0 Å². The number of ether oxygens (including phenoxy) is 1. The Bertz CT molecular complexity index is 568. The van der Waals surface area contributed by atoms with Crippen LogP contribution in [0.1, 0.15) is 38.0 Å². The molecule has 0 spiro atoms. The minimum Gasteiger partial charge on any atom is -0.491 e. The maximum Gasteiger partial charge on any atom is 0.119 e. The molecule has 0 fully saturated rings. The summed E-state index contributed by atoms with van der Waals surface area (Å²) in [7, 11) is 0. The highest BCUT2D eigenvalue weighted by atomic mass is 35.5. The van der Waals surface area contributed by atoms with E-state index in [0.29, 0.717) is 10.8 Å². The molecular formula is C18H21ClO2. The van der Waals surface area contributed by atoms with Crippen molar-refractivity contribution in [2.75, 3.05) is 6.61 Å². The van der Waals surface area contributed by atoms with Gasteiger partial charge in [-0.1, -0.05) is 56.6 Å². The first-order chi connectivity index (χ1) is 9.86. The zero-order chi connectivity index (χ0) is 15.5. The molecule has 2 rings (SSSR count). The van der Waals surface area contributed by atoms with Crippen molar-refractivity contribution in [2.45, 2.75) is 32.3 Å². The lowest BCUT2D eigenvalue weighted by molar-refractivity contribution is 0.108. The van der Waals surface area contributed by atoms with E-state index in [9.17, 15) is 5.11 Å². The number of halogens is 1. The fraction of sp³-hybridized carbons (Fsp3) is 0.333. The Morgan fingerprint density at radius 2 is 1.57 bits per heavy atom. The van der Waals surface area contributed by atoms with Crippen molar-refractivity contribution in [2.24, 2.45) is 0 Å². The largest absolute Gasteiger partial charge is 0.491 e. The lowest BCUT2D eigenvalue weighted by Gasteiger charge is -2.20. The molecule has 0 saturated carbocycles. The van der Waals surface area contributed by atoms with Crippen molar-refractivity contribution >= 4 is 11.6 Å². The third kappa shape index (κ3) is 4.48. The lowest BCUT2D eigenvalue weighted by Crippen LogP contribution is -2.13. The highest BCUT2D eigenvalue weighted by Crippen LogP contribution is 2.24. The summed E-state index contributed by atoms with van der Waals surface area (Å²) < 4.78 is 5.57. The molecule has 0 aliphatic heterocycles. The molecule has 0 aliphatic rings. The van der Waals surface area contributed by atoms with Crippen molar-refractivity contribution in [1.82, 2.24) is 0 Å². The van der Waals surface area contributed by atoms with E-state index in [0.717, 1.165) is 5.56 Å². The van der Waals surface area contributed by atoms with Crippen molar-refractivity contribution in [1.29, 1.82) is 0 Å². The fourth-order valence-corrected chi connectivity index (χ4v) is 2.13. The van der Waals surface area contributed by atoms with Gasteiger partial charge in [0.05, 0.1) is 0 Å². The summed E-state index contributed by atoms with van der Waals surface area (Å²) in [6, 6.07) is 15.1. The van der Waals surface area contributed by atoms with Crippen molar-refractivity contribution in [3.8, 4) is 5.75 Å². The summed E-state index contributed by atoms with van der Waals surface area (Å²) in [5, 5.41) is 10.8. The second kappa shape index (κ2) is 6.50. The van der Waals surface area contributed by atoms with Gasteiger partial charge in [0.1, 0.15) is 18.5 Å². The smallest absolute Gasteiger partial charge is 0.119 e. The lowest BCUT2D eigenvalue weighted by atomic mass is 9.86. The Balaban J connectivity index is 1.97. The zero-order valence-corrected chi connectivity index (χ0v) is 13.4. The highest BCUT2D eigenvalue weighted by molar-refractivity contribution is 6.30. The molecule has 112 valence electrons. The third-order valence-corrected chi connectivity index (χ3v) is 3.63. The number of hydrogen-bond acceptors (Lipinski definition) is 2. The van der Waals surface area contributed by atoms with E-state index in [1.54, 1.807) is 24.3 Å². The molecule has 2 aromatic carbocycles. The molecule has 0 aromatic heterocycles. The number of aliphatic hydroxyl groups is 1. The number of rotatable bonds is 4. The van der Waals surface area contributed by atoms with Gasteiger partial charge >= 0.3 is 0 Å². The monoisotopic (exact) mass is 304 g/mol. The molecule has 0 amide bonds. The molecule has 0 bridgehead atoms. The first-order valence-corrected chi connectivity index (χ1v) is 7.41. The minimum absolute atomic E-state index is 0.114. The van der Waals surface area contributed by atoms with Crippen LogP contribution in [-0.2, 0) is 5.41 Å². The first-order valence-electron chi connectivity index (χ1n) is 7.03. The standard InChI is InChI=1S/C18H21ClO2/c1-18(2,3)14-6-4-13(5-7-14)17(20)12-21-16-10-8-15(19)9-11-16/h4-11,17,20H,12H2,1-3H3. The van der Waals surface area contributed by atoms with E-state index in [1.807, 2.05) is 12.1 Å². The number of aliphatic hydroxyl groups excluding tert-OH is 1. The molecular weight excluding hydrogens is 284 g/mol. The van der Waals surface area contributed by atoms with Gasteiger partial charge in [-0.2, -0.15) is 0 Å². The van der Waals surface area contributed by atoms with Gasteiger partial charge in [0.25, 0.3) is 0 Å².